The van der Waals surface area contributed by atoms with Crippen molar-refractivity contribution >= 4 is 11.3 Å². The highest BCUT2D eigenvalue weighted by Gasteiger charge is 2.27. The Bertz CT molecular complexity index is 890. The van der Waals surface area contributed by atoms with Gasteiger partial charge in [0.25, 0.3) is 0 Å². The van der Waals surface area contributed by atoms with Crippen LogP contribution >= 0.6 is 11.3 Å². The molecule has 0 aliphatic heterocycles. The third-order valence-corrected chi connectivity index (χ3v) is 5.41. The summed E-state index contributed by atoms with van der Waals surface area (Å²) < 4.78 is 5.85. The van der Waals surface area contributed by atoms with E-state index in [1.165, 1.54) is 4.88 Å². The number of nitrogens with zero attached hydrogens (tertiary/aromatic N) is 1. The van der Waals surface area contributed by atoms with Crippen molar-refractivity contribution < 1.29 is 20.1 Å². The van der Waals surface area contributed by atoms with Gasteiger partial charge in [-0.05, 0) is 55.3 Å². The number of aliphatic hydroxyl groups is 3. The SMILES string of the molecule is Cc1cnc(-c2ccc(Oc3ccc(C(O)CC(N)(CO)CO)cc3)cc2)s1. The number of aromatic nitrogens is 1. The fourth-order valence-electron chi connectivity index (χ4n) is 2.73. The van der Waals surface area contributed by atoms with Crippen LogP contribution < -0.4 is 10.5 Å². The molecule has 0 amide bonds. The molecule has 0 bridgehead atoms. The molecule has 6 nitrogen and oxygen atoms in total. The summed E-state index contributed by atoms with van der Waals surface area (Å²) in [6.45, 7) is 1.22. The number of ether oxygens (including phenoxy) is 1. The van der Waals surface area contributed by atoms with Crippen molar-refractivity contribution in [1.82, 2.24) is 4.98 Å². The minimum absolute atomic E-state index is 0.0535. The second-order valence-electron chi connectivity index (χ2n) is 6.87. The predicted molar refractivity (Wildman–Crippen MR) is 109 cm³/mol. The Morgan fingerprint density at radius 1 is 1.04 bits per heavy atom. The number of nitrogens with two attached hydrogens (primary N) is 1. The molecule has 1 unspecified atom stereocenters. The Hall–Kier alpha value is -2.29. The number of aliphatic hydroxyl groups excluding tert-OH is 3. The molecule has 1 aromatic heterocycles. The first-order valence-electron chi connectivity index (χ1n) is 8.92. The topological polar surface area (TPSA) is 109 Å². The van der Waals surface area contributed by atoms with Crippen LogP contribution in [-0.2, 0) is 0 Å². The van der Waals surface area contributed by atoms with Gasteiger partial charge in [0, 0.05) is 16.6 Å². The van der Waals surface area contributed by atoms with Crippen molar-refractivity contribution in [2.24, 2.45) is 5.73 Å². The Morgan fingerprint density at radius 2 is 1.61 bits per heavy atom. The third kappa shape index (κ3) is 4.95. The Morgan fingerprint density at radius 3 is 2.11 bits per heavy atom. The Balaban J connectivity index is 1.64. The summed E-state index contributed by atoms with van der Waals surface area (Å²) >= 11 is 1.65. The van der Waals surface area contributed by atoms with Crippen LogP contribution in [0.1, 0.15) is 23.0 Å². The van der Waals surface area contributed by atoms with Crippen molar-refractivity contribution in [2.45, 2.75) is 25.0 Å². The first kappa shape index (κ1) is 20.4. The fourth-order valence-corrected chi connectivity index (χ4v) is 3.50. The van der Waals surface area contributed by atoms with E-state index in [2.05, 4.69) is 4.98 Å². The minimum Gasteiger partial charge on any atom is -0.457 e. The summed E-state index contributed by atoms with van der Waals surface area (Å²) in [5.74, 6) is 1.34. The smallest absolute Gasteiger partial charge is 0.127 e. The Labute approximate surface area is 167 Å². The number of hydrogen-bond acceptors (Lipinski definition) is 7. The van der Waals surface area contributed by atoms with Crippen molar-refractivity contribution in [3.05, 3.63) is 65.2 Å². The van der Waals surface area contributed by atoms with Crippen molar-refractivity contribution in [2.75, 3.05) is 13.2 Å². The number of hydrogen-bond donors (Lipinski definition) is 4. The van der Waals surface area contributed by atoms with Gasteiger partial charge >= 0.3 is 0 Å². The molecule has 28 heavy (non-hydrogen) atoms. The summed E-state index contributed by atoms with van der Waals surface area (Å²) in [7, 11) is 0. The zero-order valence-corrected chi connectivity index (χ0v) is 16.4. The summed E-state index contributed by atoms with van der Waals surface area (Å²) in [6.07, 6.45) is 1.02. The third-order valence-electron chi connectivity index (χ3n) is 4.45. The first-order chi connectivity index (χ1) is 13.4. The van der Waals surface area contributed by atoms with Crippen LogP contribution in [0.3, 0.4) is 0 Å². The second kappa shape index (κ2) is 8.81. The number of rotatable bonds is 8. The van der Waals surface area contributed by atoms with Gasteiger partial charge in [-0.25, -0.2) is 4.98 Å². The molecule has 0 spiro atoms. The molecule has 2 aromatic carbocycles. The average molecular weight is 401 g/mol. The van der Waals surface area contributed by atoms with Gasteiger partial charge in [0.2, 0.25) is 0 Å². The highest BCUT2D eigenvalue weighted by Crippen LogP contribution is 2.29. The molecule has 1 atom stereocenters. The van der Waals surface area contributed by atoms with Gasteiger partial charge in [0.05, 0.1) is 24.9 Å². The van der Waals surface area contributed by atoms with Crippen LogP contribution in [0.4, 0.5) is 0 Å². The summed E-state index contributed by atoms with van der Waals surface area (Å²) in [4.78, 5) is 5.55. The first-order valence-corrected chi connectivity index (χ1v) is 9.73. The molecule has 3 aromatic rings. The van der Waals surface area contributed by atoms with Gasteiger partial charge in [-0.2, -0.15) is 0 Å². The van der Waals surface area contributed by atoms with E-state index < -0.39 is 24.9 Å². The van der Waals surface area contributed by atoms with Gasteiger partial charge in [-0.15, -0.1) is 11.3 Å². The largest absolute Gasteiger partial charge is 0.457 e. The monoisotopic (exact) mass is 400 g/mol. The van der Waals surface area contributed by atoms with Crippen LogP contribution in [-0.4, -0.2) is 39.1 Å². The minimum atomic E-state index is -1.22. The molecular formula is C21H24N2O4S. The zero-order chi connectivity index (χ0) is 20.1. The summed E-state index contributed by atoms with van der Waals surface area (Å²) in [6, 6.07) is 14.7. The lowest BCUT2D eigenvalue weighted by atomic mass is 9.92. The number of thiazole rings is 1. The molecule has 0 fully saturated rings. The second-order valence-corrected chi connectivity index (χ2v) is 8.10. The average Bonchev–Trinajstić information content (AvgIpc) is 3.15. The van der Waals surface area contributed by atoms with E-state index in [9.17, 15) is 15.3 Å². The van der Waals surface area contributed by atoms with E-state index in [0.717, 1.165) is 10.6 Å². The molecule has 0 saturated heterocycles. The maximum atomic E-state index is 10.3. The Kier molecular flexibility index (Phi) is 6.43. The van der Waals surface area contributed by atoms with Crippen molar-refractivity contribution in [1.29, 1.82) is 0 Å². The molecule has 5 N–H and O–H groups in total. The summed E-state index contributed by atoms with van der Waals surface area (Å²) in [5.41, 5.74) is 6.30. The molecule has 148 valence electrons. The number of aryl methyl sites for hydroxylation is 1. The zero-order valence-electron chi connectivity index (χ0n) is 15.6. The molecule has 0 saturated carbocycles. The van der Waals surface area contributed by atoms with Gasteiger partial charge in [-0.1, -0.05) is 12.1 Å². The van der Waals surface area contributed by atoms with E-state index in [-0.39, 0.29) is 6.42 Å². The van der Waals surface area contributed by atoms with Crippen LogP contribution in [0, 0.1) is 6.92 Å². The molecule has 1 heterocycles. The maximum absolute atomic E-state index is 10.3. The van der Waals surface area contributed by atoms with Crippen LogP contribution in [0.25, 0.3) is 10.6 Å². The highest BCUT2D eigenvalue weighted by atomic mass is 32.1. The lowest BCUT2D eigenvalue weighted by Gasteiger charge is -2.27. The molecule has 7 heteroatoms. The van der Waals surface area contributed by atoms with Gasteiger partial charge < -0.3 is 25.8 Å². The van der Waals surface area contributed by atoms with E-state index in [1.807, 2.05) is 37.4 Å². The van der Waals surface area contributed by atoms with Crippen molar-refractivity contribution in [3.63, 3.8) is 0 Å². The highest BCUT2D eigenvalue weighted by molar-refractivity contribution is 7.14. The van der Waals surface area contributed by atoms with E-state index in [1.54, 1.807) is 35.6 Å². The van der Waals surface area contributed by atoms with Gasteiger partial charge in [0.15, 0.2) is 0 Å². The summed E-state index contributed by atoms with van der Waals surface area (Å²) in [5, 5.41) is 29.8. The predicted octanol–water partition coefficient (Wildman–Crippen LogP) is 3.02. The van der Waals surface area contributed by atoms with Gasteiger partial charge in [0.1, 0.15) is 16.5 Å². The lowest BCUT2D eigenvalue weighted by molar-refractivity contribution is 0.0618. The quantitative estimate of drug-likeness (QED) is 0.463. The molecule has 0 aliphatic rings. The van der Waals surface area contributed by atoms with Crippen LogP contribution in [0.2, 0.25) is 0 Å². The van der Waals surface area contributed by atoms with Crippen LogP contribution in [0.15, 0.2) is 54.7 Å². The number of benzene rings is 2. The van der Waals surface area contributed by atoms with E-state index in [0.29, 0.717) is 17.1 Å². The normalized spacial score (nSPS) is 12.8. The molecule has 3 rings (SSSR count). The van der Waals surface area contributed by atoms with E-state index in [4.69, 9.17) is 10.5 Å². The van der Waals surface area contributed by atoms with Crippen LogP contribution in [0.5, 0.6) is 11.5 Å². The van der Waals surface area contributed by atoms with Gasteiger partial charge in [-0.3, -0.25) is 0 Å². The fraction of sp³-hybridized carbons (Fsp3) is 0.286. The van der Waals surface area contributed by atoms with Crippen molar-refractivity contribution in [3.8, 4) is 22.1 Å². The standard InChI is InChI=1S/C21H24N2O4S/c1-14-11-23-20(28-14)16-4-8-18(9-5-16)27-17-6-2-15(3-7-17)19(26)10-21(22,12-24)13-25/h2-9,11,19,24-26H,10,12-13,22H2,1H3. The molecule has 0 radical (unpaired) electrons. The maximum Gasteiger partial charge on any atom is 0.127 e. The molecular weight excluding hydrogens is 376 g/mol. The molecule has 0 aliphatic carbocycles. The lowest BCUT2D eigenvalue weighted by Crippen LogP contribution is -2.48. The van der Waals surface area contributed by atoms with E-state index >= 15 is 0 Å².